The second kappa shape index (κ2) is 14.8. The zero-order valence-corrected chi connectivity index (χ0v) is 27.0. The number of fused-ring (bicyclic) bond motifs is 1. The summed E-state index contributed by atoms with van der Waals surface area (Å²) in [7, 11) is 1.54. The Bertz CT molecular complexity index is 1950. The van der Waals surface area contributed by atoms with Crippen LogP contribution in [-0.2, 0) is 26.4 Å². The van der Waals surface area contributed by atoms with E-state index in [1.165, 1.54) is 7.11 Å². The van der Waals surface area contributed by atoms with Gasteiger partial charge in [-0.3, -0.25) is 4.79 Å². The number of aromatic nitrogens is 1. The molecule has 1 aliphatic rings. The number of nitrogens with one attached hydrogen (secondary N) is 2. The number of hydrogen-bond donors (Lipinski definition) is 6. The van der Waals surface area contributed by atoms with Crippen LogP contribution in [0.1, 0.15) is 49.9 Å². The van der Waals surface area contributed by atoms with E-state index in [2.05, 4.69) is 15.8 Å². The van der Waals surface area contributed by atoms with Gasteiger partial charge in [-0.25, -0.2) is 0 Å². The zero-order chi connectivity index (χ0) is 34.5. The predicted molar refractivity (Wildman–Crippen MR) is 180 cm³/mol. The van der Waals surface area contributed by atoms with Crippen LogP contribution < -0.4 is 24.8 Å². The summed E-state index contributed by atoms with van der Waals surface area (Å²) in [5, 5.41) is 49.8. The van der Waals surface area contributed by atoms with Crippen molar-refractivity contribution in [3.63, 3.8) is 0 Å². The third-order valence-corrected chi connectivity index (χ3v) is 8.37. The first-order valence-corrected chi connectivity index (χ1v) is 15.7. The van der Waals surface area contributed by atoms with Gasteiger partial charge in [0.05, 0.1) is 39.1 Å². The Morgan fingerprint density at radius 3 is 2.14 bits per heavy atom. The van der Waals surface area contributed by atoms with E-state index in [1.54, 1.807) is 48.5 Å². The van der Waals surface area contributed by atoms with Gasteiger partial charge >= 0.3 is 0 Å². The lowest BCUT2D eigenvalue weighted by molar-refractivity contribution is 0.0935. The van der Waals surface area contributed by atoms with Crippen LogP contribution in [-0.4, -0.2) is 51.8 Å². The number of aliphatic hydroxyl groups is 4. The smallest absolute Gasteiger partial charge is 0.255 e. The number of nitrogens with zero attached hydrogens (tertiary/aromatic N) is 1. The molecular weight excluding hydrogens is 630 g/mol. The molecule has 1 unspecified atom stereocenters. The van der Waals surface area contributed by atoms with Gasteiger partial charge in [0, 0.05) is 28.4 Å². The van der Waals surface area contributed by atoms with Crippen molar-refractivity contribution >= 4 is 11.6 Å². The minimum Gasteiger partial charge on any atom is -0.493 e. The molecule has 1 atom stereocenters. The molecule has 6 rings (SSSR count). The Kier molecular flexibility index (Phi) is 10.1. The van der Waals surface area contributed by atoms with Crippen LogP contribution >= 0.6 is 0 Å². The first-order chi connectivity index (χ1) is 23.8. The Morgan fingerprint density at radius 1 is 0.735 bits per heavy atom. The normalized spacial score (nSPS) is 13.8. The SMILES string of the molecule is COc1ccc(-c2cc(-c3cc(CO)c(CO)c(CO)c3)no2)cc1OCCOc1ccc(C2NC(=O)c3cc(C)ccc3N2)cc1CO. The molecule has 1 aliphatic heterocycles. The molecule has 12 nitrogen and oxygen atoms in total. The van der Waals surface area contributed by atoms with Gasteiger partial charge in [0.2, 0.25) is 0 Å². The average Bonchev–Trinajstić information content (AvgIpc) is 3.63. The van der Waals surface area contributed by atoms with Crippen LogP contribution in [0.4, 0.5) is 5.69 Å². The Balaban J connectivity index is 1.12. The lowest BCUT2D eigenvalue weighted by atomic mass is 9.97. The summed E-state index contributed by atoms with van der Waals surface area (Å²) in [5.74, 6) is 1.73. The molecular formula is C37H37N3O9. The first-order valence-electron chi connectivity index (χ1n) is 15.7. The highest BCUT2D eigenvalue weighted by molar-refractivity contribution is 6.01. The fourth-order valence-corrected chi connectivity index (χ4v) is 5.81. The Morgan fingerprint density at radius 2 is 1.45 bits per heavy atom. The molecule has 12 heteroatoms. The molecule has 0 spiro atoms. The van der Waals surface area contributed by atoms with Gasteiger partial charge in [-0.15, -0.1) is 0 Å². The van der Waals surface area contributed by atoms with Gasteiger partial charge in [-0.1, -0.05) is 22.9 Å². The first kappa shape index (κ1) is 33.5. The molecule has 0 fully saturated rings. The number of aryl methyl sites for hydroxylation is 1. The maximum atomic E-state index is 12.7. The quantitative estimate of drug-likeness (QED) is 0.0968. The molecule has 4 aromatic carbocycles. The molecule has 6 N–H and O–H groups in total. The van der Waals surface area contributed by atoms with E-state index in [4.69, 9.17) is 18.7 Å². The number of methoxy groups -OCH3 is 1. The summed E-state index contributed by atoms with van der Waals surface area (Å²) in [4.78, 5) is 12.7. The zero-order valence-electron chi connectivity index (χ0n) is 27.0. The van der Waals surface area contributed by atoms with Crippen LogP contribution in [0.2, 0.25) is 0 Å². The number of anilines is 1. The molecule has 0 saturated heterocycles. The van der Waals surface area contributed by atoms with Crippen molar-refractivity contribution < 1.29 is 44.0 Å². The van der Waals surface area contributed by atoms with Crippen molar-refractivity contribution in [1.29, 1.82) is 0 Å². The number of aliphatic hydroxyl groups excluding tert-OH is 4. The lowest BCUT2D eigenvalue weighted by Crippen LogP contribution is -2.38. The van der Waals surface area contributed by atoms with Gasteiger partial charge in [0.1, 0.15) is 30.8 Å². The number of benzene rings is 4. The van der Waals surface area contributed by atoms with E-state index < -0.39 is 6.17 Å². The van der Waals surface area contributed by atoms with Crippen molar-refractivity contribution in [2.75, 3.05) is 25.6 Å². The molecule has 0 bridgehead atoms. The molecule has 254 valence electrons. The van der Waals surface area contributed by atoms with E-state index in [0.29, 0.717) is 67.6 Å². The third kappa shape index (κ3) is 7.08. The molecule has 49 heavy (non-hydrogen) atoms. The molecule has 1 amide bonds. The molecule has 5 aromatic rings. The predicted octanol–water partition coefficient (Wildman–Crippen LogP) is 4.61. The van der Waals surface area contributed by atoms with Gasteiger partial charge in [0.25, 0.3) is 5.91 Å². The number of rotatable bonds is 13. The molecule has 0 aliphatic carbocycles. The molecule has 0 saturated carbocycles. The van der Waals surface area contributed by atoms with E-state index in [1.807, 2.05) is 31.2 Å². The lowest BCUT2D eigenvalue weighted by Gasteiger charge is -2.29. The maximum Gasteiger partial charge on any atom is 0.255 e. The summed E-state index contributed by atoms with van der Waals surface area (Å²) in [5.41, 5.74) is 6.92. The summed E-state index contributed by atoms with van der Waals surface area (Å²) < 4.78 is 23.1. The van der Waals surface area contributed by atoms with E-state index >= 15 is 0 Å². The topological polar surface area (TPSA) is 176 Å². The standard InChI is InChI=1S/C37H37N3O9/c1-21-3-6-30-28(11-21)37(45)39-36(38-30)23-5-7-32(27(12-23)19-43)47-9-10-48-35-15-22(4-8-33(35)46-2)34-16-31(40-49-34)24-13-25(17-41)29(20-44)26(14-24)18-42/h3-8,11-16,36,38,41-44H,9-10,17-20H2,1-2H3,(H,39,45). The van der Waals surface area contributed by atoms with Gasteiger partial charge < -0.3 is 49.8 Å². The minimum atomic E-state index is -0.464. The van der Waals surface area contributed by atoms with Gasteiger partial charge in [-0.05, 0) is 83.8 Å². The number of amides is 1. The number of carbonyl (C=O) groups excluding carboxylic acids is 1. The summed E-state index contributed by atoms with van der Waals surface area (Å²) in [6.07, 6.45) is -0.464. The third-order valence-electron chi connectivity index (χ3n) is 8.37. The highest BCUT2D eigenvalue weighted by Crippen LogP contribution is 2.35. The number of ether oxygens (including phenoxy) is 3. The molecule has 1 aromatic heterocycles. The second-order valence-electron chi connectivity index (χ2n) is 11.5. The van der Waals surface area contributed by atoms with Crippen molar-refractivity contribution in [3.05, 3.63) is 112 Å². The molecule has 0 radical (unpaired) electrons. The van der Waals surface area contributed by atoms with Gasteiger partial charge in [0.15, 0.2) is 17.3 Å². The Labute approximate surface area is 282 Å². The number of carbonyl (C=O) groups is 1. The van der Waals surface area contributed by atoms with E-state index in [0.717, 1.165) is 16.8 Å². The highest BCUT2D eigenvalue weighted by atomic mass is 16.5. The fraction of sp³-hybridized carbons (Fsp3) is 0.243. The van der Waals surface area contributed by atoms with Crippen LogP contribution in [0.25, 0.3) is 22.6 Å². The summed E-state index contributed by atoms with van der Waals surface area (Å²) in [6.45, 7) is 1.10. The monoisotopic (exact) mass is 667 g/mol. The average molecular weight is 668 g/mol. The molecule has 2 heterocycles. The van der Waals surface area contributed by atoms with Crippen molar-refractivity contribution in [1.82, 2.24) is 10.5 Å². The summed E-state index contributed by atoms with van der Waals surface area (Å²) >= 11 is 0. The van der Waals surface area contributed by atoms with Crippen LogP contribution in [0.5, 0.6) is 17.2 Å². The van der Waals surface area contributed by atoms with Crippen molar-refractivity contribution in [2.24, 2.45) is 0 Å². The van der Waals surface area contributed by atoms with Crippen molar-refractivity contribution in [2.45, 2.75) is 39.5 Å². The maximum absolute atomic E-state index is 12.7. The van der Waals surface area contributed by atoms with Crippen LogP contribution in [0, 0.1) is 6.92 Å². The van der Waals surface area contributed by atoms with Crippen molar-refractivity contribution in [3.8, 4) is 39.8 Å². The number of hydrogen-bond acceptors (Lipinski definition) is 11. The van der Waals surface area contributed by atoms with Crippen LogP contribution in [0.15, 0.2) is 77.3 Å². The minimum absolute atomic E-state index is 0.162. The van der Waals surface area contributed by atoms with E-state index in [-0.39, 0.29) is 45.5 Å². The van der Waals surface area contributed by atoms with Gasteiger partial charge in [-0.2, -0.15) is 0 Å². The Hall–Kier alpha value is -5.40. The fourth-order valence-electron chi connectivity index (χ4n) is 5.81. The second-order valence-corrected chi connectivity index (χ2v) is 11.5. The summed E-state index contributed by atoms with van der Waals surface area (Å²) in [6, 6.07) is 21.5. The van der Waals surface area contributed by atoms with Crippen LogP contribution in [0.3, 0.4) is 0 Å². The highest BCUT2D eigenvalue weighted by Gasteiger charge is 2.25. The largest absolute Gasteiger partial charge is 0.493 e. The van der Waals surface area contributed by atoms with E-state index in [9.17, 15) is 25.2 Å².